The molecular formula is C23H23ClFN3O. The Morgan fingerprint density at radius 1 is 1.24 bits per heavy atom. The van der Waals surface area contributed by atoms with E-state index < -0.39 is 0 Å². The van der Waals surface area contributed by atoms with Crippen LogP contribution in [0.1, 0.15) is 36.4 Å². The Kier molecular flexibility index (Phi) is 5.95. The lowest BCUT2D eigenvalue weighted by atomic mass is 9.90. The number of carbonyl (C=O) groups excluding carboxylic acids is 1. The van der Waals surface area contributed by atoms with Crippen LogP contribution in [0.2, 0.25) is 5.02 Å². The van der Waals surface area contributed by atoms with Crippen LogP contribution in [0.5, 0.6) is 0 Å². The van der Waals surface area contributed by atoms with E-state index in [4.69, 9.17) is 11.6 Å². The van der Waals surface area contributed by atoms with Crippen molar-refractivity contribution in [2.24, 2.45) is 0 Å². The maximum absolute atomic E-state index is 13.7. The number of piperidine rings is 1. The fraction of sp³-hybridized carbons (Fsp3) is 0.304. The van der Waals surface area contributed by atoms with Gasteiger partial charge >= 0.3 is 0 Å². The molecule has 4 rings (SSSR count). The van der Waals surface area contributed by atoms with Crippen LogP contribution in [0.3, 0.4) is 0 Å². The molecule has 1 fully saturated rings. The number of benzene rings is 2. The minimum absolute atomic E-state index is 0.163. The molecule has 1 unspecified atom stereocenters. The molecule has 0 aliphatic carbocycles. The molecule has 2 aromatic carbocycles. The molecule has 1 N–H and O–H groups in total. The second kappa shape index (κ2) is 8.78. The zero-order valence-corrected chi connectivity index (χ0v) is 16.8. The second-order valence-electron chi connectivity index (χ2n) is 7.51. The smallest absolute Gasteiger partial charge is 0.222 e. The second-order valence-corrected chi connectivity index (χ2v) is 7.95. The third-order valence-corrected chi connectivity index (χ3v) is 5.78. The predicted octanol–water partition coefficient (Wildman–Crippen LogP) is 5.21. The van der Waals surface area contributed by atoms with Crippen molar-refractivity contribution in [1.82, 2.24) is 15.1 Å². The first kappa shape index (κ1) is 19.6. The lowest BCUT2D eigenvalue weighted by Gasteiger charge is -2.33. The first-order chi connectivity index (χ1) is 14.1. The summed E-state index contributed by atoms with van der Waals surface area (Å²) in [4.78, 5) is 14.7. The standard InChI is InChI=1S/C23H23ClFN3O/c24-19-9-6-16(7-10-19)8-11-22(29)28-12-2-4-18(15-28)23-21(14-26-27-23)17-3-1-5-20(25)13-17/h1,3,5-7,9-10,13-14,18H,2,4,8,11-12,15H2,(H,26,27). The Balaban J connectivity index is 1.43. The molecule has 1 saturated heterocycles. The SMILES string of the molecule is O=C(CCc1ccc(Cl)cc1)N1CCCC(c2[nH]ncc2-c2cccc(F)c2)C1. The Morgan fingerprint density at radius 3 is 2.86 bits per heavy atom. The van der Waals surface area contributed by atoms with Gasteiger partial charge in [-0.05, 0) is 54.7 Å². The number of H-pyrrole nitrogens is 1. The van der Waals surface area contributed by atoms with Crippen molar-refractivity contribution in [3.8, 4) is 11.1 Å². The van der Waals surface area contributed by atoms with Crippen LogP contribution in [0.15, 0.2) is 54.7 Å². The highest BCUT2D eigenvalue weighted by atomic mass is 35.5. The first-order valence-corrected chi connectivity index (χ1v) is 10.3. The van der Waals surface area contributed by atoms with E-state index in [9.17, 15) is 9.18 Å². The van der Waals surface area contributed by atoms with Gasteiger partial charge in [0.25, 0.3) is 0 Å². The van der Waals surface area contributed by atoms with Crippen molar-refractivity contribution in [2.75, 3.05) is 13.1 Å². The van der Waals surface area contributed by atoms with E-state index in [1.807, 2.05) is 35.2 Å². The molecule has 2 heterocycles. The molecule has 29 heavy (non-hydrogen) atoms. The first-order valence-electron chi connectivity index (χ1n) is 9.91. The van der Waals surface area contributed by atoms with Gasteiger partial charge in [-0.3, -0.25) is 9.89 Å². The predicted molar refractivity (Wildman–Crippen MR) is 112 cm³/mol. The number of hydrogen-bond donors (Lipinski definition) is 1. The van der Waals surface area contributed by atoms with E-state index in [-0.39, 0.29) is 17.6 Å². The molecule has 0 bridgehead atoms. The Labute approximate surface area is 174 Å². The van der Waals surface area contributed by atoms with Crippen LogP contribution in [-0.4, -0.2) is 34.1 Å². The average molecular weight is 412 g/mol. The topological polar surface area (TPSA) is 49.0 Å². The van der Waals surface area contributed by atoms with Gasteiger partial charge in [0, 0.05) is 41.7 Å². The molecule has 1 atom stereocenters. The summed E-state index contributed by atoms with van der Waals surface area (Å²) in [7, 11) is 0. The fourth-order valence-corrected chi connectivity index (χ4v) is 4.12. The normalized spacial score (nSPS) is 16.8. The van der Waals surface area contributed by atoms with Crippen molar-refractivity contribution >= 4 is 17.5 Å². The number of aromatic amines is 1. The van der Waals surface area contributed by atoms with Crippen LogP contribution in [0, 0.1) is 5.82 Å². The van der Waals surface area contributed by atoms with Crippen molar-refractivity contribution < 1.29 is 9.18 Å². The number of halogens is 2. The molecule has 4 nitrogen and oxygen atoms in total. The summed E-state index contributed by atoms with van der Waals surface area (Å²) in [5, 5.41) is 7.99. The molecule has 0 radical (unpaired) electrons. The summed E-state index contributed by atoms with van der Waals surface area (Å²) in [6.45, 7) is 1.43. The van der Waals surface area contributed by atoms with Gasteiger partial charge in [0.05, 0.1) is 6.20 Å². The maximum Gasteiger partial charge on any atom is 0.222 e. The minimum atomic E-state index is -0.266. The van der Waals surface area contributed by atoms with E-state index >= 15 is 0 Å². The Morgan fingerprint density at radius 2 is 2.07 bits per heavy atom. The number of nitrogens with one attached hydrogen (secondary N) is 1. The number of rotatable bonds is 5. The minimum Gasteiger partial charge on any atom is -0.342 e. The molecule has 1 aliphatic rings. The zero-order chi connectivity index (χ0) is 20.2. The van der Waals surface area contributed by atoms with Gasteiger partial charge < -0.3 is 4.90 Å². The summed E-state index contributed by atoms with van der Waals surface area (Å²) in [6.07, 6.45) is 4.85. The maximum atomic E-state index is 13.7. The van der Waals surface area contributed by atoms with Gasteiger partial charge in [0.1, 0.15) is 5.82 Å². The van der Waals surface area contributed by atoms with E-state index in [1.165, 1.54) is 12.1 Å². The molecule has 1 aromatic heterocycles. The van der Waals surface area contributed by atoms with Crippen molar-refractivity contribution in [2.45, 2.75) is 31.6 Å². The summed E-state index contributed by atoms with van der Waals surface area (Å²) >= 11 is 5.92. The highest BCUT2D eigenvalue weighted by Crippen LogP contribution is 2.33. The number of likely N-dealkylation sites (tertiary alicyclic amines) is 1. The van der Waals surface area contributed by atoms with Crippen molar-refractivity contribution in [3.63, 3.8) is 0 Å². The molecule has 0 spiro atoms. The van der Waals surface area contributed by atoms with E-state index in [0.29, 0.717) is 24.4 Å². The number of hydrogen-bond acceptors (Lipinski definition) is 2. The summed E-state index contributed by atoms with van der Waals surface area (Å²) in [5.41, 5.74) is 3.80. The number of aryl methyl sites for hydroxylation is 1. The van der Waals surface area contributed by atoms with Crippen LogP contribution < -0.4 is 0 Å². The summed E-state index contributed by atoms with van der Waals surface area (Å²) in [5.74, 6) is 0.0674. The van der Waals surface area contributed by atoms with E-state index in [1.54, 1.807) is 12.3 Å². The monoisotopic (exact) mass is 411 g/mol. The Bertz CT molecular complexity index is 986. The third-order valence-electron chi connectivity index (χ3n) is 5.53. The molecule has 1 aliphatic heterocycles. The third kappa shape index (κ3) is 4.67. The van der Waals surface area contributed by atoms with E-state index in [2.05, 4.69) is 10.2 Å². The van der Waals surface area contributed by atoms with Gasteiger partial charge in [-0.25, -0.2) is 4.39 Å². The van der Waals surface area contributed by atoms with Crippen molar-refractivity contribution in [1.29, 1.82) is 0 Å². The van der Waals surface area contributed by atoms with Crippen LogP contribution in [0.25, 0.3) is 11.1 Å². The fourth-order valence-electron chi connectivity index (χ4n) is 3.99. The molecule has 1 amide bonds. The number of amides is 1. The van der Waals surface area contributed by atoms with Gasteiger partial charge in [-0.1, -0.05) is 35.9 Å². The van der Waals surface area contributed by atoms with Crippen LogP contribution in [0.4, 0.5) is 4.39 Å². The average Bonchev–Trinajstić information content (AvgIpc) is 3.23. The molecule has 6 heteroatoms. The Hall–Kier alpha value is -2.66. The van der Waals surface area contributed by atoms with Gasteiger partial charge in [0.15, 0.2) is 0 Å². The summed E-state index contributed by atoms with van der Waals surface area (Å²) < 4.78 is 13.7. The lowest BCUT2D eigenvalue weighted by molar-refractivity contribution is -0.132. The number of nitrogens with zero attached hydrogens (tertiary/aromatic N) is 2. The van der Waals surface area contributed by atoms with Gasteiger partial charge in [-0.2, -0.15) is 5.10 Å². The zero-order valence-electron chi connectivity index (χ0n) is 16.1. The van der Waals surface area contributed by atoms with Crippen LogP contribution >= 0.6 is 11.6 Å². The van der Waals surface area contributed by atoms with Crippen LogP contribution in [-0.2, 0) is 11.2 Å². The number of carbonyl (C=O) groups is 1. The molecule has 0 saturated carbocycles. The quantitative estimate of drug-likeness (QED) is 0.626. The van der Waals surface area contributed by atoms with Crippen molar-refractivity contribution in [3.05, 3.63) is 76.8 Å². The van der Waals surface area contributed by atoms with E-state index in [0.717, 1.165) is 41.8 Å². The molecule has 150 valence electrons. The lowest BCUT2D eigenvalue weighted by Crippen LogP contribution is -2.39. The highest BCUT2D eigenvalue weighted by molar-refractivity contribution is 6.30. The highest BCUT2D eigenvalue weighted by Gasteiger charge is 2.27. The van der Waals surface area contributed by atoms with Gasteiger partial charge in [0.2, 0.25) is 5.91 Å². The summed E-state index contributed by atoms with van der Waals surface area (Å²) in [6, 6.07) is 14.2. The van der Waals surface area contributed by atoms with Gasteiger partial charge in [-0.15, -0.1) is 0 Å². The molecular weight excluding hydrogens is 389 g/mol. The largest absolute Gasteiger partial charge is 0.342 e. The number of aromatic nitrogens is 2. The molecule has 3 aromatic rings.